The van der Waals surface area contributed by atoms with Crippen molar-refractivity contribution in [2.24, 2.45) is 5.92 Å². The van der Waals surface area contributed by atoms with E-state index in [4.69, 9.17) is 23.8 Å². The second-order valence-electron chi connectivity index (χ2n) is 10.8. The van der Waals surface area contributed by atoms with Gasteiger partial charge in [0.15, 0.2) is 10.8 Å². The highest BCUT2D eigenvalue weighted by molar-refractivity contribution is 7.81. The summed E-state index contributed by atoms with van der Waals surface area (Å²) in [4.78, 5) is 26.5. The van der Waals surface area contributed by atoms with Gasteiger partial charge in [0.1, 0.15) is 11.6 Å². The molecule has 0 atom stereocenters. The molecule has 4 aliphatic rings. The van der Waals surface area contributed by atoms with Crippen molar-refractivity contribution < 1.29 is 4.79 Å². The molecule has 10 heteroatoms. The maximum absolute atomic E-state index is 13.7. The summed E-state index contributed by atoms with van der Waals surface area (Å²) >= 11 is 12.1. The van der Waals surface area contributed by atoms with Crippen LogP contribution in [0.2, 0.25) is 5.02 Å². The highest BCUT2D eigenvalue weighted by atomic mass is 35.5. The predicted octanol–water partition coefficient (Wildman–Crippen LogP) is 3.79. The number of nitriles is 1. The molecule has 3 saturated heterocycles. The number of benzene rings is 1. The fourth-order valence-electron chi connectivity index (χ4n) is 6.29. The van der Waals surface area contributed by atoms with Gasteiger partial charge in [0.05, 0.1) is 16.9 Å². The highest BCUT2D eigenvalue weighted by Gasteiger charge is 2.59. The lowest BCUT2D eigenvalue weighted by Crippen LogP contribution is -2.55. The van der Waals surface area contributed by atoms with Gasteiger partial charge in [0.25, 0.3) is 5.91 Å². The first-order chi connectivity index (χ1) is 18.5. The van der Waals surface area contributed by atoms with Crippen LogP contribution in [0.25, 0.3) is 0 Å². The van der Waals surface area contributed by atoms with E-state index in [2.05, 4.69) is 44.4 Å². The molecule has 4 heterocycles. The number of nitrogens with one attached hydrogen (secondary N) is 1. The zero-order valence-electron chi connectivity index (χ0n) is 21.4. The number of amides is 1. The Bertz CT molecular complexity index is 1260. The van der Waals surface area contributed by atoms with Crippen LogP contribution in [0.3, 0.4) is 0 Å². The zero-order valence-corrected chi connectivity index (χ0v) is 23.0. The molecule has 1 aromatic heterocycles. The zero-order chi connectivity index (χ0) is 26.3. The average Bonchev–Trinajstić information content (AvgIpc) is 3.16. The number of carbonyl (C=O) groups is 1. The van der Waals surface area contributed by atoms with Crippen molar-refractivity contribution in [1.29, 1.82) is 5.26 Å². The van der Waals surface area contributed by atoms with Crippen molar-refractivity contribution in [2.75, 3.05) is 60.5 Å². The highest BCUT2D eigenvalue weighted by Crippen LogP contribution is 2.48. The molecule has 2 aromatic rings. The summed E-state index contributed by atoms with van der Waals surface area (Å²) in [5.41, 5.74) is 2.11. The first kappa shape index (κ1) is 25.5. The molecule has 0 radical (unpaired) electrons. The SMILES string of the molecule is N#Cc1ncc(N2C(=O)C3(CCC3)N(c3ccc(N4CCC(CN5CCNCC5)CC4)cc3)C2=S)cc1Cl. The molecule has 1 spiro atoms. The molecule has 1 N–H and O–H groups in total. The summed E-state index contributed by atoms with van der Waals surface area (Å²) in [7, 11) is 0. The van der Waals surface area contributed by atoms with E-state index in [9.17, 15) is 10.1 Å². The molecule has 38 heavy (non-hydrogen) atoms. The maximum Gasteiger partial charge on any atom is 0.259 e. The molecule has 1 amide bonds. The Morgan fingerprint density at radius 1 is 1.08 bits per heavy atom. The number of carbonyl (C=O) groups excluding carboxylic acids is 1. The Balaban J connectivity index is 1.16. The summed E-state index contributed by atoms with van der Waals surface area (Å²) in [6.07, 6.45) is 6.42. The van der Waals surface area contributed by atoms with E-state index in [1.807, 2.05) is 11.0 Å². The third-order valence-electron chi connectivity index (χ3n) is 8.60. The normalized spacial score (nSPS) is 22.2. The van der Waals surface area contributed by atoms with Gasteiger partial charge in [0, 0.05) is 57.2 Å². The third kappa shape index (κ3) is 4.43. The number of piperazine rings is 1. The van der Waals surface area contributed by atoms with Gasteiger partial charge in [-0.05, 0) is 80.6 Å². The van der Waals surface area contributed by atoms with Gasteiger partial charge in [-0.25, -0.2) is 4.98 Å². The molecule has 1 aliphatic carbocycles. The number of halogens is 1. The van der Waals surface area contributed by atoms with Crippen LogP contribution in [0, 0.1) is 17.2 Å². The number of nitrogens with zero attached hydrogens (tertiary/aromatic N) is 6. The minimum atomic E-state index is -0.665. The number of piperidine rings is 1. The van der Waals surface area contributed by atoms with Gasteiger partial charge in [0.2, 0.25) is 0 Å². The third-order valence-corrected chi connectivity index (χ3v) is 9.25. The fourth-order valence-corrected chi connectivity index (χ4v) is 6.96. The molecule has 0 unspecified atom stereocenters. The van der Waals surface area contributed by atoms with Gasteiger partial charge in [-0.15, -0.1) is 0 Å². The topological polar surface area (TPSA) is 78.7 Å². The van der Waals surface area contributed by atoms with Gasteiger partial charge in [-0.3, -0.25) is 9.69 Å². The molecule has 198 valence electrons. The molecule has 1 aromatic carbocycles. The van der Waals surface area contributed by atoms with E-state index in [0.717, 1.165) is 70.1 Å². The van der Waals surface area contributed by atoms with E-state index in [-0.39, 0.29) is 16.6 Å². The Hall–Kier alpha value is -2.77. The first-order valence-electron chi connectivity index (χ1n) is 13.5. The fraction of sp³-hybridized carbons (Fsp3) is 0.500. The molecule has 3 aliphatic heterocycles. The summed E-state index contributed by atoms with van der Waals surface area (Å²) < 4.78 is 0. The van der Waals surface area contributed by atoms with Gasteiger partial charge in [-0.2, -0.15) is 5.26 Å². The lowest BCUT2D eigenvalue weighted by Gasteiger charge is -2.43. The molecule has 0 bridgehead atoms. The van der Waals surface area contributed by atoms with Crippen molar-refractivity contribution in [3.05, 3.63) is 47.2 Å². The van der Waals surface area contributed by atoms with Crippen LogP contribution in [0.1, 0.15) is 37.8 Å². The Labute approximate surface area is 234 Å². The lowest BCUT2D eigenvalue weighted by atomic mass is 9.75. The Morgan fingerprint density at radius 2 is 1.76 bits per heavy atom. The Kier molecular flexibility index (Phi) is 6.99. The molecule has 1 saturated carbocycles. The first-order valence-corrected chi connectivity index (χ1v) is 14.3. The number of hydrogen-bond donors (Lipinski definition) is 1. The van der Waals surface area contributed by atoms with Crippen molar-refractivity contribution in [1.82, 2.24) is 15.2 Å². The number of thiocarbonyl (C=S) groups is 1. The van der Waals surface area contributed by atoms with Crippen LogP contribution in [-0.2, 0) is 4.79 Å². The standard InChI is InChI=1S/C28H32ClN7OS/c29-24-16-23(18-32-25(24)17-30)35-26(37)28(8-1-9-28)36(27(35)38)22-4-2-21(3-5-22)34-12-6-20(7-13-34)19-33-14-10-31-11-15-33/h2-5,16,18,20,31H,1,6-15,19H2. The number of aromatic nitrogens is 1. The van der Waals surface area contributed by atoms with Crippen LogP contribution < -0.4 is 20.0 Å². The second kappa shape index (κ2) is 10.4. The van der Waals surface area contributed by atoms with E-state index < -0.39 is 5.54 Å². The quantitative estimate of drug-likeness (QED) is 0.564. The van der Waals surface area contributed by atoms with E-state index >= 15 is 0 Å². The summed E-state index contributed by atoms with van der Waals surface area (Å²) in [6.45, 7) is 7.89. The van der Waals surface area contributed by atoms with E-state index in [1.54, 1.807) is 6.07 Å². The van der Waals surface area contributed by atoms with Crippen LogP contribution in [0.5, 0.6) is 0 Å². The molecular formula is C28H32ClN7OS. The molecular weight excluding hydrogens is 518 g/mol. The average molecular weight is 550 g/mol. The summed E-state index contributed by atoms with van der Waals surface area (Å²) in [5, 5.41) is 13.3. The minimum Gasteiger partial charge on any atom is -0.372 e. The van der Waals surface area contributed by atoms with Gasteiger partial charge >= 0.3 is 0 Å². The second-order valence-corrected chi connectivity index (χ2v) is 11.5. The van der Waals surface area contributed by atoms with Crippen molar-refractivity contribution >= 4 is 51.9 Å². The number of pyridine rings is 1. The van der Waals surface area contributed by atoms with Crippen LogP contribution in [0.4, 0.5) is 17.1 Å². The Morgan fingerprint density at radius 3 is 2.37 bits per heavy atom. The molecule has 4 fully saturated rings. The number of anilines is 3. The largest absolute Gasteiger partial charge is 0.372 e. The monoisotopic (exact) mass is 549 g/mol. The van der Waals surface area contributed by atoms with Crippen LogP contribution >= 0.6 is 23.8 Å². The van der Waals surface area contributed by atoms with Crippen molar-refractivity contribution in [3.63, 3.8) is 0 Å². The summed E-state index contributed by atoms with van der Waals surface area (Å²) in [5.74, 6) is 0.721. The molecule has 6 rings (SSSR count). The number of rotatable bonds is 5. The van der Waals surface area contributed by atoms with Gasteiger partial charge < -0.3 is 20.0 Å². The predicted molar refractivity (Wildman–Crippen MR) is 154 cm³/mol. The van der Waals surface area contributed by atoms with Gasteiger partial charge in [-0.1, -0.05) is 11.6 Å². The lowest BCUT2D eigenvalue weighted by molar-refractivity contribution is -0.123. The smallest absolute Gasteiger partial charge is 0.259 e. The number of hydrogen-bond acceptors (Lipinski definition) is 7. The summed E-state index contributed by atoms with van der Waals surface area (Å²) in [6, 6.07) is 12.1. The van der Waals surface area contributed by atoms with E-state index in [0.29, 0.717) is 10.8 Å². The van der Waals surface area contributed by atoms with Crippen molar-refractivity contribution in [2.45, 2.75) is 37.6 Å². The van der Waals surface area contributed by atoms with E-state index in [1.165, 1.54) is 36.2 Å². The van der Waals surface area contributed by atoms with Crippen molar-refractivity contribution in [3.8, 4) is 6.07 Å². The maximum atomic E-state index is 13.7. The van der Waals surface area contributed by atoms with Crippen LogP contribution in [0.15, 0.2) is 36.5 Å². The minimum absolute atomic E-state index is 0.0491. The molecule has 8 nitrogen and oxygen atoms in total. The van der Waals surface area contributed by atoms with Crippen LogP contribution in [-0.4, -0.2) is 72.3 Å².